The monoisotopic (exact) mass is 319 g/mol. The van der Waals surface area contributed by atoms with Crippen molar-refractivity contribution in [1.82, 2.24) is 0 Å². The zero-order valence-electron chi connectivity index (χ0n) is 12.6. The summed E-state index contributed by atoms with van der Waals surface area (Å²) in [5.41, 5.74) is 1.39. The molecule has 22 heavy (non-hydrogen) atoms. The van der Waals surface area contributed by atoms with Crippen molar-refractivity contribution in [2.45, 2.75) is 13.3 Å². The van der Waals surface area contributed by atoms with Crippen molar-refractivity contribution in [3.8, 4) is 11.5 Å². The molecular weight excluding hydrogens is 302 g/mol. The third kappa shape index (κ3) is 4.15. The number of rotatable bonds is 6. The number of ether oxygens (including phenoxy) is 2. The standard InChI is InChI=1S/C17H18ClNO3/c1-3-22-16-7-5-4-6-14(16)19-17(20)11-12-10-13(18)8-9-15(12)21-2/h4-10H,3,11H2,1-2H3,(H,19,20). The normalized spacial score (nSPS) is 10.1. The Labute approximate surface area is 135 Å². The first-order chi connectivity index (χ1) is 10.6. The molecule has 0 spiro atoms. The molecule has 4 nitrogen and oxygen atoms in total. The molecule has 0 aliphatic heterocycles. The quantitative estimate of drug-likeness (QED) is 0.877. The number of halogens is 1. The van der Waals surface area contributed by atoms with Crippen molar-refractivity contribution >= 4 is 23.2 Å². The highest BCUT2D eigenvalue weighted by Crippen LogP contribution is 2.26. The van der Waals surface area contributed by atoms with Crippen LogP contribution in [0.4, 0.5) is 5.69 Å². The maximum atomic E-state index is 12.3. The molecule has 0 bridgehead atoms. The van der Waals surface area contributed by atoms with Crippen LogP contribution in [0.25, 0.3) is 0 Å². The van der Waals surface area contributed by atoms with Gasteiger partial charge in [0.1, 0.15) is 11.5 Å². The van der Waals surface area contributed by atoms with E-state index >= 15 is 0 Å². The summed E-state index contributed by atoms with van der Waals surface area (Å²) in [5, 5.41) is 3.42. The van der Waals surface area contributed by atoms with Crippen LogP contribution in [0.15, 0.2) is 42.5 Å². The number of hydrogen-bond donors (Lipinski definition) is 1. The summed E-state index contributed by atoms with van der Waals surface area (Å²) in [6.45, 7) is 2.43. The molecule has 2 rings (SSSR count). The van der Waals surface area contributed by atoms with E-state index in [-0.39, 0.29) is 12.3 Å². The van der Waals surface area contributed by atoms with Crippen molar-refractivity contribution in [3.05, 3.63) is 53.1 Å². The Bertz CT molecular complexity index is 658. The predicted octanol–water partition coefficient (Wildman–Crippen LogP) is 3.93. The summed E-state index contributed by atoms with van der Waals surface area (Å²) in [7, 11) is 1.56. The first-order valence-corrected chi connectivity index (χ1v) is 7.36. The molecule has 1 N–H and O–H groups in total. The van der Waals surface area contributed by atoms with Crippen LogP contribution < -0.4 is 14.8 Å². The predicted molar refractivity (Wildman–Crippen MR) is 87.9 cm³/mol. The summed E-state index contributed by atoms with van der Waals surface area (Å²) in [5.74, 6) is 1.13. The van der Waals surface area contributed by atoms with E-state index < -0.39 is 0 Å². The molecule has 0 aliphatic rings. The van der Waals surface area contributed by atoms with Crippen molar-refractivity contribution in [3.63, 3.8) is 0 Å². The van der Waals surface area contributed by atoms with Gasteiger partial charge in [0.2, 0.25) is 5.91 Å². The summed E-state index contributed by atoms with van der Waals surface area (Å²) in [4.78, 5) is 12.3. The first kappa shape index (κ1) is 16.2. The Hall–Kier alpha value is -2.20. The number of para-hydroxylation sites is 2. The molecule has 0 heterocycles. The van der Waals surface area contributed by atoms with Gasteiger partial charge in [-0.1, -0.05) is 23.7 Å². The number of benzene rings is 2. The van der Waals surface area contributed by atoms with E-state index in [1.807, 2.05) is 25.1 Å². The van der Waals surface area contributed by atoms with E-state index in [1.54, 1.807) is 31.4 Å². The SMILES string of the molecule is CCOc1ccccc1NC(=O)Cc1cc(Cl)ccc1OC. The number of methoxy groups -OCH3 is 1. The number of carbonyl (C=O) groups excluding carboxylic acids is 1. The number of nitrogens with one attached hydrogen (secondary N) is 1. The second-order valence-corrected chi connectivity index (χ2v) is 5.05. The third-order valence-corrected chi connectivity index (χ3v) is 3.29. The highest BCUT2D eigenvalue weighted by molar-refractivity contribution is 6.30. The van der Waals surface area contributed by atoms with Gasteiger partial charge in [0.05, 0.1) is 25.8 Å². The van der Waals surface area contributed by atoms with E-state index in [0.29, 0.717) is 28.8 Å². The van der Waals surface area contributed by atoms with Crippen LogP contribution in [0.2, 0.25) is 5.02 Å². The Kier molecular flexibility index (Phi) is 5.67. The van der Waals surface area contributed by atoms with Crippen LogP contribution in [0, 0.1) is 0 Å². The van der Waals surface area contributed by atoms with Crippen molar-refractivity contribution in [2.75, 3.05) is 19.0 Å². The highest BCUT2D eigenvalue weighted by atomic mass is 35.5. The molecule has 0 aliphatic carbocycles. The second kappa shape index (κ2) is 7.71. The van der Waals surface area contributed by atoms with Gasteiger partial charge in [-0.05, 0) is 37.3 Å². The lowest BCUT2D eigenvalue weighted by Gasteiger charge is -2.12. The van der Waals surface area contributed by atoms with Gasteiger partial charge < -0.3 is 14.8 Å². The molecule has 0 radical (unpaired) electrons. The lowest BCUT2D eigenvalue weighted by atomic mass is 10.1. The molecule has 0 unspecified atom stereocenters. The zero-order valence-corrected chi connectivity index (χ0v) is 13.3. The average Bonchev–Trinajstić information content (AvgIpc) is 2.50. The molecule has 0 fully saturated rings. The van der Waals surface area contributed by atoms with Crippen LogP contribution >= 0.6 is 11.6 Å². The van der Waals surface area contributed by atoms with Crippen molar-refractivity contribution < 1.29 is 14.3 Å². The lowest BCUT2D eigenvalue weighted by molar-refractivity contribution is -0.115. The fourth-order valence-corrected chi connectivity index (χ4v) is 2.30. The molecule has 0 atom stereocenters. The molecular formula is C17H18ClNO3. The Morgan fingerprint density at radius 2 is 1.95 bits per heavy atom. The smallest absolute Gasteiger partial charge is 0.229 e. The average molecular weight is 320 g/mol. The Balaban J connectivity index is 2.12. The molecule has 0 saturated carbocycles. The van der Waals surface area contributed by atoms with Gasteiger partial charge in [-0.3, -0.25) is 4.79 Å². The Morgan fingerprint density at radius 3 is 2.68 bits per heavy atom. The number of amides is 1. The molecule has 1 amide bonds. The van der Waals surface area contributed by atoms with Gasteiger partial charge in [0.25, 0.3) is 0 Å². The molecule has 2 aromatic carbocycles. The molecule has 0 aromatic heterocycles. The minimum Gasteiger partial charge on any atom is -0.496 e. The zero-order chi connectivity index (χ0) is 15.9. The third-order valence-electron chi connectivity index (χ3n) is 3.05. The van der Waals surface area contributed by atoms with Gasteiger partial charge >= 0.3 is 0 Å². The van der Waals surface area contributed by atoms with Crippen LogP contribution in [0.3, 0.4) is 0 Å². The minimum atomic E-state index is -0.160. The minimum absolute atomic E-state index is 0.160. The summed E-state index contributed by atoms with van der Waals surface area (Å²) < 4.78 is 10.7. The summed E-state index contributed by atoms with van der Waals surface area (Å²) >= 11 is 5.98. The van der Waals surface area contributed by atoms with Crippen molar-refractivity contribution in [1.29, 1.82) is 0 Å². The second-order valence-electron chi connectivity index (χ2n) is 4.61. The topological polar surface area (TPSA) is 47.6 Å². The molecule has 2 aromatic rings. The van der Waals surface area contributed by atoms with Crippen LogP contribution in [0.1, 0.15) is 12.5 Å². The van der Waals surface area contributed by atoms with Gasteiger partial charge in [-0.15, -0.1) is 0 Å². The first-order valence-electron chi connectivity index (χ1n) is 6.98. The fraction of sp³-hybridized carbons (Fsp3) is 0.235. The lowest BCUT2D eigenvalue weighted by Crippen LogP contribution is -2.15. The largest absolute Gasteiger partial charge is 0.496 e. The van der Waals surface area contributed by atoms with E-state index in [9.17, 15) is 4.79 Å². The van der Waals surface area contributed by atoms with Crippen LogP contribution in [0.5, 0.6) is 11.5 Å². The van der Waals surface area contributed by atoms with E-state index in [0.717, 1.165) is 5.56 Å². The number of carbonyl (C=O) groups is 1. The fourth-order valence-electron chi connectivity index (χ4n) is 2.10. The summed E-state index contributed by atoms with van der Waals surface area (Å²) in [6.07, 6.45) is 0.171. The van der Waals surface area contributed by atoms with Crippen LogP contribution in [-0.4, -0.2) is 19.6 Å². The van der Waals surface area contributed by atoms with Crippen LogP contribution in [-0.2, 0) is 11.2 Å². The molecule has 5 heteroatoms. The Morgan fingerprint density at radius 1 is 1.18 bits per heavy atom. The van der Waals surface area contributed by atoms with E-state index in [4.69, 9.17) is 21.1 Å². The maximum absolute atomic E-state index is 12.3. The van der Waals surface area contributed by atoms with E-state index in [1.165, 1.54) is 0 Å². The van der Waals surface area contributed by atoms with Gasteiger partial charge in [-0.2, -0.15) is 0 Å². The number of anilines is 1. The van der Waals surface area contributed by atoms with Crippen molar-refractivity contribution in [2.24, 2.45) is 0 Å². The molecule has 116 valence electrons. The number of hydrogen-bond acceptors (Lipinski definition) is 3. The molecule has 0 saturated heterocycles. The maximum Gasteiger partial charge on any atom is 0.229 e. The summed E-state index contributed by atoms with van der Waals surface area (Å²) in [6, 6.07) is 12.5. The highest BCUT2D eigenvalue weighted by Gasteiger charge is 2.12. The van der Waals surface area contributed by atoms with Gasteiger partial charge in [-0.25, -0.2) is 0 Å². The van der Waals surface area contributed by atoms with E-state index in [2.05, 4.69) is 5.32 Å². The van der Waals surface area contributed by atoms with Gasteiger partial charge in [0, 0.05) is 10.6 Å². The van der Waals surface area contributed by atoms with Gasteiger partial charge in [0.15, 0.2) is 0 Å².